The van der Waals surface area contributed by atoms with Crippen LogP contribution in [0.3, 0.4) is 0 Å². The lowest BCUT2D eigenvalue weighted by Gasteiger charge is -2.21. The van der Waals surface area contributed by atoms with E-state index in [0.29, 0.717) is 0 Å². The summed E-state index contributed by atoms with van der Waals surface area (Å²) in [4.78, 5) is 0. The Hall–Kier alpha value is -1.26. The third-order valence-corrected chi connectivity index (χ3v) is 2.25. The average molecular weight is 230 g/mol. The average Bonchev–Trinajstić information content (AvgIpc) is 2.14. The molecule has 0 fully saturated rings. The largest absolute Gasteiger partial charge is 0.203 e. The second kappa shape index (κ2) is 3.96. The third kappa shape index (κ3) is 1.86. The molecule has 0 unspecified atom stereocenters. The highest BCUT2D eigenvalue weighted by atomic mass is 19.2. The molecule has 0 aromatic heterocycles. The van der Waals surface area contributed by atoms with E-state index in [9.17, 15) is 17.6 Å². The minimum atomic E-state index is -1.40. The van der Waals surface area contributed by atoms with Gasteiger partial charge in [-0.1, -0.05) is 26.5 Å². The molecule has 0 N–H and O–H groups in total. The lowest BCUT2D eigenvalue weighted by molar-refractivity contribution is 0.423. The van der Waals surface area contributed by atoms with Crippen molar-refractivity contribution in [1.29, 1.82) is 0 Å². The Morgan fingerprint density at radius 2 is 1.38 bits per heavy atom. The zero-order valence-corrected chi connectivity index (χ0v) is 9.30. The molecule has 0 saturated heterocycles. The van der Waals surface area contributed by atoms with E-state index in [1.165, 1.54) is 21.7 Å². The standard InChI is InChI=1S/C11H11BF4/c1-4-5-7(13)9(15)6(11(2,3)12)10(16)8(5)14/h4H,1,12H2,2-3H3. The molecule has 0 amide bonds. The molecule has 5 heteroatoms. The monoisotopic (exact) mass is 230 g/mol. The normalized spacial score (nSPS) is 11.6. The number of hydrogen-bond acceptors (Lipinski definition) is 0. The highest BCUT2D eigenvalue weighted by Crippen LogP contribution is 2.31. The van der Waals surface area contributed by atoms with Crippen molar-refractivity contribution in [3.63, 3.8) is 0 Å². The molecule has 0 atom stereocenters. The van der Waals surface area contributed by atoms with Gasteiger partial charge in [0.25, 0.3) is 0 Å². The molecule has 0 aliphatic carbocycles. The van der Waals surface area contributed by atoms with Gasteiger partial charge >= 0.3 is 0 Å². The summed E-state index contributed by atoms with van der Waals surface area (Å²) in [5, 5.41) is -1.02. The number of hydrogen-bond donors (Lipinski definition) is 0. The van der Waals surface area contributed by atoms with Gasteiger partial charge in [-0.15, -0.1) is 0 Å². The molecule has 0 nitrogen and oxygen atoms in total. The fourth-order valence-electron chi connectivity index (χ4n) is 1.49. The predicted molar refractivity (Wildman–Crippen MR) is 57.9 cm³/mol. The Labute approximate surface area is 92.4 Å². The Morgan fingerprint density at radius 3 is 1.62 bits per heavy atom. The van der Waals surface area contributed by atoms with Crippen molar-refractivity contribution in [2.45, 2.75) is 19.2 Å². The van der Waals surface area contributed by atoms with E-state index in [2.05, 4.69) is 6.58 Å². The van der Waals surface area contributed by atoms with Gasteiger partial charge in [0, 0.05) is 5.56 Å². The molecular weight excluding hydrogens is 219 g/mol. The Kier molecular flexibility index (Phi) is 3.17. The Balaban J connectivity index is 3.74. The van der Waals surface area contributed by atoms with Crippen LogP contribution in [0, 0.1) is 23.3 Å². The van der Waals surface area contributed by atoms with Gasteiger partial charge in [0.05, 0.1) is 5.56 Å². The predicted octanol–water partition coefficient (Wildman–Crippen LogP) is 2.75. The van der Waals surface area contributed by atoms with Crippen LogP contribution in [0.25, 0.3) is 6.08 Å². The molecule has 0 spiro atoms. The number of halogens is 4. The maximum Gasteiger partial charge on any atom is 0.169 e. The molecule has 0 heterocycles. The maximum absolute atomic E-state index is 13.6. The van der Waals surface area contributed by atoms with Gasteiger partial charge in [-0.25, -0.2) is 17.6 Å². The van der Waals surface area contributed by atoms with Crippen molar-refractivity contribution in [2.75, 3.05) is 0 Å². The minimum absolute atomic E-state index is 0.590. The molecule has 1 aromatic rings. The molecule has 0 saturated carbocycles. The zero-order chi connectivity index (χ0) is 12.7. The second-order valence-electron chi connectivity index (χ2n) is 4.50. The van der Waals surface area contributed by atoms with Crippen LogP contribution >= 0.6 is 0 Å². The van der Waals surface area contributed by atoms with Crippen LogP contribution in [0.1, 0.15) is 25.0 Å². The quantitative estimate of drug-likeness (QED) is 0.416. The first-order chi connectivity index (χ1) is 7.21. The first-order valence-corrected chi connectivity index (χ1v) is 4.70. The lowest BCUT2D eigenvalue weighted by Crippen LogP contribution is -2.23. The highest BCUT2D eigenvalue weighted by Gasteiger charge is 2.30. The topological polar surface area (TPSA) is 0 Å². The fraction of sp³-hybridized carbons (Fsp3) is 0.273. The lowest BCUT2D eigenvalue weighted by atomic mass is 9.67. The van der Waals surface area contributed by atoms with Crippen molar-refractivity contribution in [1.82, 2.24) is 0 Å². The van der Waals surface area contributed by atoms with Gasteiger partial charge < -0.3 is 0 Å². The van der Waals surface area contributed by atoms with E-state index in [1.807, 2.05) is 0 Å². The van der Waals surface area contributed by atoms with Crippen LogP contribution in [0.4, 0.5) is 17.6 Å². The first-order valence-electron chi connectivity index (χ1n) is 4.70. The van der Waals surface area contributed by atoms with Crippen LogP contribution in [0.15, 0.2) is 6.58 Å². The van der Waals surface area contributed by atoms with E-state index >= 15 is 0 Å². The van der Waals surface area contributed by atoms with Gasteiger partial charge in [0.2, 0.25) is 0 Å². The summed E-state index contributed by atoms with van der Waals surface area (Å²) in [6, 6.07) is 0. The van der Waals surface area contributed by atoms with Crippen molar-refractivity contribution >= 4 is 13.9 Å². The number of rotatable bonds is 2. The van der Waals surface area contributed by atoms with Crippen molar-refractivity contribution in [2.24, 2.45) is 0 Å². The zero-order valence-electron chi connectivity index (χ0n) is 9.30. The van der Waals surface area contributed by atoms with Crippen LogP contribution in [-0.4, -0.2) is 7.85 Å². The van der Waals surface area contributed by atoms with E-state index in [1.54, 1.807) is 0 Å². The van der Waals surface area contributed by atoms with Gasteiger partial charge in [0.1, 0.15) is 7.85 Å². The van der Waals surface area contributed by atoms with Gasteiger partial charge in [0.15, 0.2) is 23.3 Å². The SMILES string of the molecule is BC(C)(C)c1c(F)c(F)c(C=C)c(F)c1F. The molecule has 0 aliphatic rings. The summed E-state index contributed by atoms with van der Waals surface area (Å²) in [6.07, 6.45) is 0.753. The van der Waals surface area contributed by atoms with Crippen molar-refractivity contribution in [3.8, 4) is 0 Å². The second-order valence-corrected chi connectivity index (χ2v) is 4.50. The smallest absolute Gasteiger partial charge is 0.169 e. The van der Waals surface area contributed by atoms with E-state index in [-0.39, 0.29) is 0 Å². The first kappa shape index (κ1) is 12.8. The van der Waals surface area contributed by atoms with Crippen LogP contribution in [0.5, 0.6) is 0 Å². The summed E-state index contributed by atoms with van der Waals surface area (Å²) >= 11 is 0. The molecule has 86 valence electrons. The van der Waals surface area contributed by atoms with Crippen LogP contribution in [0.2, 0.25) is 0 Å². The molecule has 1 aromatic carbocycles. The summed E-state index contributed by atoms with van der Waals surface area (Å²) < 4.78 is 53.9. The van der Waals surface area contributed by atoms with E-state index in [4.69, 9.17) is 0 Å². The third-order valence-electron chi connectivity index (χ3n) is 2.25. The molecule has 16 heavy (non-hydrogen) atoms. The summed E-state index contributed by atoms with van der Waals surface area (Å²) in [5.74, 6) is -5.53. The molecule has 0 aliphatic heterocycles. The maximum atomic E-state index is 13.6. The molecule has 0 bridgehead atoms. The molecule has 0 radical (unpaired) electrons. The summed E-state index contributed by atoms with van der Waals surface area (Å²) in [7, 11) is 1.47. The fourth-order valence-corrected chi connectivity index (χ4v) is 1.49. The minimum Gasteiger partial charge on any atom is -0.203 e. The van der Waals surface area contributed by atoms with Gasteiger partial charge in [-0.3, -0.25) is 0 Å². The Morgan fingerprint density at radius 1 is 1.00 bits per heavy atom. The van der Waals surface area contributed by atoms with Gasteiger partial charge in [-0.2, -0.15) is 0 Å². The molecular formula is C11H11BF4. The van der Waals surface area contributed by atoms with Crippen LogP contribution in [-0.2, 0) is 5.31 Å². The summed E-state index contributed by atoms with van der Waals surface area (Å²) in [5.41, 5.74) is -1.36. The number of benzene rings is 1. The highest BCUT2D eigenvalue weighted by molar-refractivity contribution is 6.15. The Bertz CT molecular complexity index is 417. The summed E-state index contributed by atoms with van der Waals surface area (Å²) in [6.45, 7) is 6.06. The van der Waals surface area contributed by atoms with Crippen LogP contribution < -0.4 is 0 Å². The van der Waals surface area contributed by atoms with Crippen molar-refractivity contribution < 1.29 is 17.6 Å². The van der Waals surface area contributed by atoms with E-state index < -0.39 is 39.7 Å². The van der Waals surface area contributed by atoms with E-state index in [0.717, 1.165) is 6.08 Å². The van der Waals surface area contributed by atoms with Gasteiger partial charge in [-0.05, 0) is 5.31 Å². The van der Waals surface area contributed by atoms with Crippen molar-refractivity contribution in [3.05, 3.63) is 41.0 Å². The molecule has 1 rings (SSSR count).